The van der Waals surface area contributed by atoms with Crippen molar-refractivity contribution in [3.8, 4) is 0 Å². The molecular formula is C11H10F6. The van der Waals surface area contributed by atoms with E-state index in [1.165, 1.54) is 24.3 Å². The molecule has 0 atom stereocenters. The summed E-state index contributed by atoms with van der Waals surface area (Å²) in [6.45, 7) is 0. The molecule has 1 aromatic rings. The van der Waals surface area contributed by atoms with Gasteiger partial charge in [0.05, 0.1) is 12.8 Å². The molecule has 96 valence electrons. The topological polar surface area (TPSA) is 0 Å². The molecule has 0 radical (unpaired) electrons. The Balaban J connectivity index is 2.87. The molecule has 1 aromatic carbocycles. The highest BCUT2D eigenvalue weighted by molar-refractivity contribution is 5.19. The number of alkyl halides is 6. The van der Waals surface area contributed by atoms with E-state index >= 15 is 0 Å². The predicted molar refractivity (Wildman–Crippen MR) is 50.5 cm³/mol. The zero-order chi connectivity index (χ0) is 13.1. The van der Waals surface area contributed by atoms with Crippen LogP contribution in [0.2, 0.25) is 0 Å². The minimum atomic E-state index is -4.61. The molecule has 0 bridgehead atoms. The minimum Gasteiger partial charge on any atom is -0.171 e. The highest BCUT2D eigenvalue weighted by atomic mass is 19.4. The first-order chi connectivity index (χ1) is 7.67. The first kappa shape index (κ1) is 13.9. The van der Waals surface area contributed by atoms with Gasteiger partial charge in [-0.3, -0.25) is 0 Å². The zero-order valence-corrected chi connectivity index (χ0v) is 8.65. The molecule has 0 amide bonds. The minimum absolute atomic E-state index is 0.0575. The van der Waals surface area contributed by atoms with Crippen LogP contribution in [-0.2, 0) is 0 Å². The summed E-state index contributed by atoms with van der Waals surface area (Å²) in [5.74, 6) is -1.57. The largest absolute Gasteiger partial charge is 0.389 e. The quantitative estimate of drug-likeness (QED) is 0.689. The van der Waals surface area contributed by atoms with Gasteiger partial charge in [0.1, 0.15) is 0 Å². The summed E-state index contributed by atoms with van der Waals surface area (Å²) in [6, 6.07) is 6.95. The monoisotopic (exact) mass is 256 g/mol. The Hall–Kier alpha value is -1.20. The average Bonchev–Trinajstić information content (AvgIpc) is 2.14. The summed E-state index contributed by atoms with van der Waals surface area (Å²) in [7, 11) is 0. The van der Waals surface area contributed by atoms with Gasteiger partial charge in [-0.2, -0.15) is 26.3 Å². The molecule has 6 heteroatoms. The third-order valence-corrected chi connectivity index (χ3v) is 2.23. The lowest BCUT2D eigenvalue weighted by Gasteiger charge is -2.20. The van der Waals surface area contributed by atoms with E-state index < -0.39 is 31.1 Å². The lowest BCUT2D eigenvalue weighted by Crippen LogP contribution is -2.20. The van der Waals surface area contributed by atoms with Gasteiger partial charge in [-0.1, -0.05) is 30.3 Å². The Morgan fingerprint density at radius 1 is 0.765 bits per heavy atom. The van der Waals surface area contributed by atoms with Crippen LogP contribution in [0.5, 0.6) is 0 Å². The molecule has 1 rings (SSSR count). The highest BCUT2D eigenvalue weighted by Gasteiger charge is 2.39. The molecule has 0 saturated heterocycles. The summed E-state index contributed by atoms with van der Waals surface area (Å²) in [6.07, 6.45) is -12.1. The smallest absolute Gasteiger partial charge is 0.171 e. The summed E-state index contributed by atoms with van der Waals surface area (Å²) >= 11 is 0. The van der Waals surface area contributed by atoms with Crippen LogP contribution < -0.4 is 0 Å². The van der Waals surface area contributed by atoms with Crippen LogP contribution in [0, 0.1) is 0 Å². The average molecular weight is 256 g/mol. The lowest BCUT2D eigenvalue weighted by atomic mass is 9.92. The Morgan fingerprint density at radius 3 is 1.53 bits per heavy atom. The molecule has 0 heterocycles. The van der Waals surface area contributed by atoms with Crippen LogP contribution >= 0.6 is 0 Å². The van der Waals surface area contributed by atoms with Crippen molar-refractivity contribution in [3.63, 3.8) is 0 Å². The van der Waals surface area contributed by atoms with Crippen molar-refractivity contribution >= 4 is 0 Å². The van der Waals surface area contributed by atoms with E-state index in [-0.39, 0.29) is 5.56 Å². The van der Waals surface area contributed by atoms with Gasteiger partial charge in [-0.05, 0) is 5.56 Å². The van der Waals surface area contributed by atoms with Crippen molar-refractivity contribution in [2.75, 3.05) is 0 Å². The maximum absolute atomic E-state index is 12.2. The van der Waals surface area contributed by atoms with Gasteiger partial charge in [0.2, 0.25) is 0 Å². The van der Waals surface area contributed by atoms with Crippen molar-refractivity contribution in [1.29, 1.82) is 0 Å². The van der Waals surface area contributed by atoms with Gasteiger partial charge >= 0.3 is 12.4 Å². The zero-order valence-electron chi connectivity index (χ0n) is 8.65. The fraction of sp³-hybridized carbons (Fsp3) is 0.455. The summed E-state index contributed by atoms with van der Waals surface area (Å²) in [5.41, 5.74) is 0.0575. The maximum Gasteiger partial charge on any atom is 0.389 e. The molecule has 0 aliphatic heterocycles. The number of rotatable bonds is 3. The van der Waals surface area contributed by atoms with Crippen LogP contribution in [0.15, 0.2) is 30.3 Å². The van der Waals surface area contributed by atoms with Gasteiger partial charge in [-0.15, -0.1) is 0 Å². The van der Waals surface area contributed by atoms with E-state index in [1.807, 2.05) is 0 Å². The van der Waals surface area contributed by atoms with Crippen molar-refractivity contribution in [2.45, 2.75) is 31.1 Å². The molecule has 0 saturated carbocycles. The van der Waals surface area contributed by atoms with Crippen molar-refractivity contribution in [2.24, 2.45) is 0 Å². The molecule has 0 aliphatic carbocycles. The van der Waals surface area contributed by atoms with Crippen LogP contribution in [0.3, 0.4) is 0 Å². The summed E-state index contributed by atoms with van der Waals surface area (Å²) in [4.78, 5) is 0. The first-order valence-corrected chi connectivity index (χ1v) is 4.86. The summed E-state index contributed by atoms with van der Waals surface area (Å²) in [5, 5.41) is 0. The second-order valence-electron chi connectivity index (χ2n) is 3.75. The third-order valence-electron chi connectivity index (χ3n) is 2.23. The molecule has 17 heavy (non-hydrogen) atoms. The molecule has 0 fully saturated rings. The Labute approximate surface area is 94.2 Å². The van der Waals surface area contributed by atoms with Gasteiger partial charge in [0.25, 0.3) is 0 Å². The van der Waals surface area contributed by atoms with Crippen molar-refractivity contribution in [3.05, 3.63) is 35.9 Å². The van der Waals surface area contributed by atoms with Crippen LogP contribution in [0.1, 0.15) is 24.3 Å². The van der Waals surface area contributed by atoms with Crippen LogP contribution in [0.25, 0.3) is 0 Å². The van der Waals surface area contributed by atoms with Crippen LogP contribution in [-0.4, -0.2) is 12.4 Å². The molecule has 0 N–H and O–H groups in total. The van der Waals surface area contributed by atoms with E-state index in [9.17, 15) is 26.3 Å². The number of benzene rings is 1. The molecule has 0 nitrogen and oxygen atoms in total. The number of halogens is 6. The van der Waals surface area contributed by atoms with E-state index in [4.69, 9.17) is 0 Å². The standard InChI is InChI=1S/C11H10F6/c12-10(13,14)6-9(7-11(15,16)17)8-4-2-1-3-5-8/h1-5,9H,6-7H2. The lowest BCUT2D eigenvalue weighted by molar-refractivity contribution is -0.163. The van der Waals surface area contributed by atoms with E-state index in [2.05, 4.69) is 0 Å². The second-order valence-corrected chi connectivity index (χ2v) is 3.75. The van der Waals surface area contributed by atoms with Gasteiger partial charge in [-0.25, -0.2) is 0 Å². The van der Waals surface area contributed by atoms with E-state index in [0.717, 1.165) is 0 Å². The molecule has 0 unspecified atom stereocenters. The Kier molecular flexibility index (Phi) is 4.06. The fourth-order valence-electron chi connectivity index (χ4n) is 1.59. The molecule has 0 aliphatic rings. The van der Waals surface area contributed by atoms with Crippen molar-refractivity contribution < 1.29 is 26.3 Å². The number of hydrogen-bond donors (Lipinski definition) is 0. The van der Waals surface area contributed by atoms with Crippen LogP contribution in [0.4, 0.5) is 26.3 Å². The second kappa shape index (κ2) is 4.98. The molecular weight excluding hydrogens is 246 g/mol. The SMILES string of the molecule is FC(F)(F)CC(CC(F)(F)F)c1ccccc1. The van der Waals surface area contributed by atoms with E-state index in [0.29, 0.717) is 0 Å². The Morgan fingerprint density at radius 2 is 1.18 bits per heavy atom. The van der Waals surface area contributed by atoms with E-state index in [1.54, 1.807) is 6.07 Å². The van der Waals surface area contributed by atoms with Crippen molar-refractivity contribution in [1.82, 2.24) is 0 Å². The predicted octanol–water partition coefficient (Wildman–Crippen LogP) is 4.68. The summed E-state index contributed by atoms with van der Waals surface area (Å²) < 4.78 is 73.2. The first-order valence-electron chi connectivity index (χ1n) is 4.86. The number of hydrogen-bond acceptors (Lipinski definition) is 0. The molecule has 0 aromatic heterocycles. The van der Waals surface area contributed by atoms with Gasteiger partial charge in [0, 0.05) is 5.92 Å². The normalized spacial score (nSPS) is 13.1. The Bertz CT molecular complexity index is 321. The fourth-order valence-corrected chi connectivity index (χ4v) is 1.59. The maximum atomic E-state index is 12.2. The van der Waals surface area contributed by atoms with Gasteiger partial charge < -0.3 is 0 Å². The van der Waals surface area contributed by atoms with Gasteiger partial charge in [0.15, 0.2) is 0 Å². The third kappa shape index (κ3) is 5.60. The molecule has 0 spiro atoms. The highest BCUT2D eigenvalue weighted by Crippen LogP contribution is 2.38.